The fraction of sp³-hybridized carbons (Fsp3) is 0.462. The van der Waals surface area contributed by atoms with Gasteiger partial charge in [0, 0.05) is 0 Å². The van der Waals surface area contributed by atoms with Crippen LogP contribution < -0.4 is 0 Å². The molecule has 0 aliphatic rings. The highest BCUT2D eigenvalue weighted by Gasteiger charge is 2.37. The molecule has 1 aromatic rings. The van der Waals surface area contributed by atoms with Crippen molar-refractivity contribution in [3.63, 3.8) is 0 Å². The van der Waals surface area contributed by atoms with E-state index in [9.17, 15) is 9.36 Å². The lowest BCUT2D eigenvalue weighted by molar-refractivity contribution is 0.0756. The predicted octanol–water partition coefficient (Wildman–Crippen LogP) is 2.10. The molecule has 2 N–H and O–H groups in total. The van der Waals surface area contributed by atoms with Crippen molar-refractivity contribution >= 4 is 23.5 Å². The van der Waals surface area contributed by atoms with Crippen molar-refractivity contribution in [3.05, 3.63) is 35.9 Å². The smallest absolute Gasteiger partial charge is 0.433 e. The standard InChI is InChI=1S/C13H21O5PSi/c1-2-3-7-10-13(20,11-8-5-4-6-9-11)18-12(14)19(15,16)17/h4-6,8-9H,2-3,7,10H2,1,20H3,(H2,15,16,17). The van der Waals surface area contributed by atoms with Gasteiger partial charge in [-0.15, -0.1) is 0 Å². The van der Waals surface area contributed by atoms with Crippen molar-refractivity contribution in [1.82, 2.24) is 0 Å². The van der Waals surface area contributed by atoms with E-state index in [2.05, 4.69) is 6.92 Å². The molecule has 0 fully saturated rings. The molecule has 0 radical (unpaired) electrons. The normalized spacial score (nSPS) is 14.8. The molecule has 7 heteroatoms. The van der Waals surface area contributed by atoms with Crippen molar-refractivity contribution < 1.29 is 23.9 Å². The number of ether oxygens (including phenoxy) is 1. The third-order valence-electron chi connectivity index (χ3n) is 3.19. The lowest BCUT2D eigenvalue weighted by Gasteiger charge is -2.30. The number of benzene rings is 1. The molecule has 1 unspecified atom stereocenters. The van der Waals surface area contributed by atoms with Crippen LogP contribution in [0.2, 0.25) is 0 Å². The summed E-state index contributed by atoms with van der Waals surface area (Å²) in [5.74, 6) is 0. The zero-order valence-corrected chi connectivity index (χ0v) is 14.7. The second-order valence-electron chi connectivity index (χ2n) is 4.97. The van der Waals surface area contributed by atoms with Gasteiger partial charge in [-0.2, -0.15) is 0 Å². The molecule has 20 heavy (non-hydrogen) atoms. The lowest BCUT2D eigenvalue weighted by Crippen LogP contribution is -2.32. The molecule has 0 heterocycles. The maximum atomic E-state index is 11.5. The van der Waals surface area contributed by atoms with Gasteiger partial charge in [0.1, 0.15) is 5.22 Å². The van der Waals surface area contributed by atoms with E-state index in [4.69, 9.17) is 14.5 Å². The monoisotopic (exact) mass is 316 g/mol. The van der Waals surface area contributed by atoms with Gasteiger partial charge in [0.15, 0.2) is 0 Å². The van der Waals surface area contributed by atoms with Crippen LogP contribution in [0, 0.1) is 0 Å². The number of hydrogen-bond acceptors (Lipinski definition) is 3. The Morgan fingerprint density at radius 1 is 1.30 bits per heavy atom. The molecule has 5 nitrogen and oxygen atoms in total. The summed E-state index contributed by atoms with van der Waals surface area (Å²) in [5, 5.41) is -0.880. The Morgan fingerprint density at radius 3 is 2.40 bits per heavy atom. The number of carbonyl (C=O) groups excluding carboxylic acids is 1. The summed E-state index contributed by atoms with van der Waals surface area (Å²) in [5.41, 5.74) is -0.641. The summed E-state index contributed by atoms with van der Waals surface area (Å²) in [6, 6.07) is 9.15. The van der Waals surface area contributed by atoms with E-state index in [1.807, 2.05) is 30.3 Å². The van der Waals surface area contributed by atoms with Crippen molar-refractivity contribution in [1.29, 1.82) is 0 Å². The molecule has 0 aliphatic carbocycles. The van der Waals surface area contributed by atoms with Gasteiger partial charge < -0.3 is 14.5 Å². The lowest BCUT2D eigenvalue weighted by atomic mass is 10.0. The first-order valence-electron chi connectivity index (χ1n) is 6.64. The molecule has 112 valence electrons. The van der Waals surface area contributed by atoms with Gasteiger partial charge in [-0.25, -0.2) is 9.36 Å². The molecule has 0 amide bonds. The zero-order chi connectivity index (χ0) is 15.2. The highest BCUT2D eigenvalue weighted by molar-refractivity contribution is 7.69. The Kier molecular flexibility index (Phi) is 6.14. The van der Waals surface area contributed by atoms with E-state index >= 15 is 0 Å². The van der Waals surface area contributed by atoms with Crippen LogP contribution in [0.15, 0.2) is 30.3 Å². The summed E-state index contributed by atoms with van der Waals surface area (Å²) < 4.78 is 16.2. The summed E-state index contributed by atoms with van der Waals surface area (Å²) >= 11 is 0. The van der Waals surface area contributed by atoms with Crippen LogP contribution in [-0.2, 0) is 14.5 Å². The minimum atomic E-state index is -4.85. The second kappa shape index (κ2) is 7.18. The predicted molar refractivity (Wildman–Crippen MR) is 80.7 cm³/mol. The third kappa shape index (κ3) is 4.87. The van der Waals surface area contributed by atoms with Crippen LogP contribution in [0.4, 0.5) is 4.79 Å². The molecule has 1 aromatic carbocycles. The topological polar surface area (TPSA) is 83.8 Å². The van der Waals surface area contributed by atoms with Gasteiger partial charge in [0.05, 0.1) is 10.2 Å². The van der Waals surface area contributed by atoms with Crippen LogP contribution in [0.3, 0.4) is 0 Å². The van der Waals surface area contributed by atoms with E-state index in [0.29, 0.717) is 16.7 Å². The van der Waals surface area contributed by atoms with Crippen LogP contribution in [-0.4, -0.2) is 25.7 Å². The van der Waals surface area contributed by atoms with Crippen LogP contribution in [0.5, 0.6) is 0 Å². The number of carbonyl (C=O) groups is 1. The molecule has 1 rings (SSSR count). The fourth-order valence-electron chi connectivity index (χ4n) is 2.01. The average Bonchev–Trinajstić information content (AvgIpc) is 2.39. The molecule has 1 atom stereocenters. The molecular weight excluding hydrogens is 295 g/mol. The van der Waals surface area contributed by atoms with Crippen molar-refractivity contribution in [2.24, 2.45) is 0 Å². The SMILES string of the molecule is CCCCCC([SiH3])(OC(=O)P(=O)(O)O)c1ccccc1. The van der Waals surface area contributed by atoms with Crippen LogP contribution in [0.1, 0.15) is 38.2 Å². The molecule has 0 saturated heterocycles. The molecule has 0 aromatic heterocycles. The Morgan fingerprint density at radius 2 is 1.90 bits per heavy atom. The molecule has 0 spiro atoms. The van der Waals surface area contributed by atoms with Crippen molar-refractivity contribution in [2.75, 3.05) is 0 Å². The highest BCUT2D eigenvalue weighted by Crippen LogP contribution is 2.41. The van der Waals surface area contributed by atoms with Crippen molar-refractivity contribution in [3.8, 4) is 0 Å². The summed E-state index contributed by atoms with van der Waals surface area (Å²) in [6.07, 6.45) is 3.45. The summed E-state index contributed by atoms with van der Waals surface area (Å²) in [7, 11) is -4.38. The first kappa shape index (κ1) is 17.1. The zero-order valence-electron chi connectivity index (χ0n) is 11.8. The van der Waals surface area contributed by atoms with Gasteiger partial charge in [0.25, 0.3) is 0 Å². The van der Waals surface area contributed by atoms with Gasteiger partial charge in [0.2, 0.25) is 0 Å². The molecular formula is C13H21O5PSi. The Bertz CT molecular complexity index is 487. The van der Waals surface area contributed by atoms with Crippen LogP contribution >= 0.6 is 7.60 Å². The quantitative estimate of drug-likeness (QED) is 0.457. The first-order chi connectivity index (χ1) is 9.29. The second-order valence-corrected chi connectivity index (χ2v) is 8.03. The van der Waals surface area contributed by atoms with E-state index in [1.165, 1.54) is 0 Å². The average molecular weight is 316 g/mol. The molecule has 0 bridgehead atoms. The number of unbranched alkanes of at least 4 members (excludes halogenated alkanes) is 2. The molecule has 0 aliphatic heterocycles. The molecule has 0 saturated carbocycles. The van der Waals surface area contributed by atoms with E-state index in [-0.39, 0.29) is 0 Å². The van der Waals surface area contributed by atoms with Gasteiger partial charge in [-0.05, 0) is 18.4 Å². The van der Waals surface area contributed by atoms with E-state index < -0.39 is 18.5 Å². The minimum absolute atomic E-state index is 0.468. The number of rotatable bonds is 7. The minimum Gasteiger partial charge on any atom is -0.450 e. The van der Waals surface area contributed by atoms with Gasteiger partial charge in [-0.1, -0.05) is 50.1 Å². The first-order valence-corrected chi connectivity index (χ1v) is 9.25. The summed E-state index contributed by atoms with van der Waals surface area (Å²) in [4.78, 5) is 29.4. The highest BCUT2D eigenvalue weighted by atomic mass is 31.2. The van der Waals surface area contributed by atoms with Gasteiger partial charge >= 0.3 is 13.3 Å². The van der Waals surface area contributed by atoms with Crippen LogP contribution in [0.25, 0.3) is 0 Å². The van der Waals surface area contributed by atoms with E-state index in [0.717, 1.165) is 24.8 Å². The maximum Gasteiger partial charge on any atom is 0.433 e. The summed E-state index contributed by atoms with van der Waals surface area (Å²) in [6.45, 7) is 2.07. The van der Waals surface area contributed by atoms with Crippen molar-refractivity contribution in [2.45, 2.75) is 37.8 Å². The Hall–Kier alpha value is -0.943. The Labute approximate surface area is 121 Å². The number of hydrogen-bond donors (Lipinski definition) is 2. The largest absolute Gasteiger partial charge is 0.450 e. The fourth-order valence-corrected chi connectivity index (χ4v) is 3.37. The van der Waals surface area contributed by atoms with Gasteiger partial charge in [-0.3, -0.25) is 0 Å². The van der Waals surface area contributed by atoms with E-state index in [1.54, 1.807) is 0 Å². The maximum absolute atomic E-state index is 11.5. The third-order valence-corrected chi connectivity index (χ3v) is 5.04. The Balaban J connectivity index is 2.96.